The molecule has 19 heavy (non-hydrogen) atoms. The number of hydrogen-bond acceptors (Lipinski definition) is 3. The molecule has 0 radical (unpaired) electrons. The van der Waals surface area contributed by atoms with E-state index >= 15 is 0 Å². The molecular formula is C15H17ClN2O. The lowest BCUT2D eigenvalue weighted by molar-refractivity contribution is 0.415. The molecule has 100 valence electrons. The van der Waals surface area contributed by atoms with Gasteiger partial charge in [0, 0.05) is 29.9 Å². The normalized spacial score (nSPS) is 10.3. The van der Waals surface area contributed by atoms with Gasteiger partial charge in [0.1, 0.15) is 5.75 Å². The zero-order valence-corrected chi connectivity index (χ0v) is 11.8. The van der Waals surface area contributed by atoms with E-state index in [9.17, 15) is 0 Å². The van der Waals surface area contributed by atoms with Crippen molar-refractivity contribution < 1.29 is 4.74 Å². The average molecular weight is 277 g/mol. The second-order valence-electron chi connectivity index (χ2n) is 4.17. The van der Waals surface area contributed by atoms with E-state index in [0.29, 0.717) is 11.6 Å². The highest BCUT2D eigenvalue weighted by molar-refractivity contribution is 6.31. The topological polar surface area (TPSA) is 38.5 Å². The van der Waals surface area contributed by atoms with Gasteiger partial charge in [0.05, 0.1) is 12.8 Å². The maximum atomic E-state index is 6.20. The van der Waals surface area contributed by atoms with Crippen LogP contribution in [0.15, 0.2) is 42.5 Å². The number of hydrogen-bond donors (Lipinski definition) is 1. The summed E-state index contributed by atoms with van der Waals surface area (Å²) in [6, 6.07) is 13.6. The molecule has 0 heterocycles. The highest BCUT2D eigenvalue weighted by Gasteiger charge is 2.14. The molecule has 0 aliphatic rings. The number of benzene rings is 2. The van der Waals surface area contributed by atoms with Crippen LogP contribution in [-0.2, 0) is 6.54 Å². The van der Waals surface area contributed by atoms with Gasteiger partial charge in [0.2, 0.25) is 0 Å². The lowest BCUT2D eigenvalue weighted by Gasteiger charge is -2.24. The molecule has 3 nitrogen and oxygen atoms in total. The molecule has 0 unspecified atom stereocenters. The Balaban J connectivity index is 2.50. The molecule has 0 fully saturated rings. The summed E-state index contributed by atoms with van der Waals surface area (Å²) in [5.74, 6) is 0.813. The van der Waals surface area contributed by atoms with E-state index in [0.717, 1.165) is 22.7 Å². The van der Waals surface area contributed by atoms with Crippen molar-refractivity contribution in [1.82, 2.24) is 0 Å². The number of para-hydroxylation sites is 2. The Morgan fingerprint density at radius 2 is 1.79 bits per heavy atom. The zero-order valence-electron chi connectivity index (χ0n) is 11.1. The molecule has 4 heteroatoms. The van der Waals surface area contributed by atoms with Crippen molar-refractivity contribution in [2.24, 2.45) is 5.73 Å². The number of rotatable bonds is 4. The number of nitrogens with zero attached hydrogens (tertiary/aromatic N) is 1. The first-order valence-electron chi connectivity index (χ1n) is 6.03. The van der Waals surface area contributed by atoms with Gasteiger partial charge < -0.3 is 15.4 Å². The predicted molar refractivity (Wildman–Crippen MR) is 80.4 cm³/mol. The Labute approximate surface area is 118 Å². The minimum Gasteiger partial charge on any atom is -0.495 e. The number of halogens is 1. The van der Waals surface area contributed by atoms with Crippen LogP contribution >= 0.6 is 11.6 Å². The first kappa shape index (κ1) is 13.7. The predicted octanol–water partition coefficient (Wildman–Crippen LogP) is 3.58. The summed E-state index contributed by atoms with van der Waals surface area (Å²) in [7, 11) is 3.64. The van der Waals surface area contributed by atoms with E-state index in [4.69, 9.17) is 22.1 Å². The van der Waals surface area contributed by atoms with Crippen LogP contribution in [0.2, 0.25) is 5.02 Å². The van der Waals surface area contributed by atoms with E-state index in [1.807, 2.05) is 54.4 Å². The Bertz CT molecular complexity index is 572. The molecular weight excluding hydrogens is 260 g/mol. The summed E-state index contributed by atoms with van der Waals surface area (Å²) >= 11 is 6.20. The van der Waals surface area contributed by atoms with Crippen molar-refractivity contribution in [3.8, 4) is 5.75 Å². The monoisotopic (exact) mass is 276 g/mol. The van der Waals surface area contributed by atoms with E-state index < -0.39 is 0 Å². The van der Waals surface area contributed by atoms with E-state index in [-0.39, 0.29) is 0 Å². The molecule has 0 saturated carbocycles. The van der Waals surface area contributed by atoms with Crippen molar-refractivity contribution >= 4 is 23.0 Å². The average Bonchev–Trinajstić information content (AvgIpc) is 2.46. The first-order chi connectivity index (χ1) is 9.19. The maximum Gasteiger partial charge on any atom is 0.142 e. The summed E-state index contributed by atoms with van der Waals surface area (Å²) in [4.78, 5) is 2.03. The Morgan fingerprint density at radius 3 is 2.47 bits per heavy atom. The fourth-order valence-corrected chi connectivity index (χ4v) is 2.35. The smallest absolute Gasteiger partial charge is 0.142 e. The SMILES string of the molecule is COc1ccccc1N(C)c1cccc(Cl)c1CN. The fraction of sp³-hybridized carbons (Fsp3) is 0.200. The zero-order chi connectivity index (χ0) is 13.8. The largest absolute Gasteiger partial charge is 0.495 e. The fourth-order valence-electron chi connectivity index (χ4n) is 2.10. The van der Waals surface area contributed by atoms with Crippen LogP contribution in [0.5, 0.6) is 5.75 Å². The summed E-state index contributed by atoms with van der Waals surface area (Å²) in [5.41, 5.74) is 8.68. The van der Waals surface area contributed by atoms with Crippen LogP contribution in [0.4, 0.5) is 11.4 Å². The third-order valence-corrected chi connectivity index (χ3v) is 3.46. The maximum absolute atomic E-state index is 6.20. The highest BCUT2D eigenvalue weighted by Crippen LogP contribution is 2.35. The number of ether oxygens (including phenoxy) is 1. The standard InChI is InChI=1S/C15H17ClN2O/c1-18(14-7-3-4-9-15(14)19-2)13-8-5-6-12(16)11(13)10-17/h3-9H,10,17H2,1-2H3. The van der Waals surface area contributed by atoms with Gasteiger partial charge >= 0.3 is 0 Å². The minimum absolute atomic E-state index is 0.397. The third kappa shape index (κ3) is 2.67. The van der Waals surface area contributed by atoms with Gasteiger partial charge in [-0.3, -0.25) is 0 Å². The van der Waals surface area contributed by atoms with Crippen LogP contribution in [0.1, 0.15) is 5.56 Å². The molecule has 0 spiro atoms. The van der Waals surface area contributed by atoms with Crippen LogP contribution < -0.4 is 15.4 Å². The molecule has 0 aliphatic carbocycles. The lowest BCUT2D eigenvalue weighted by atomic mass is 10.1. The summed E-state index contributed by atoms with van der Waals surface area (Å²) in [6.45, 7) is 0.397. The van der Waals surface area contributed by atoms with E-state index in [2.05, 4.69) is 0 Å². The molecule has 0 atom stereocenters. The number of nitrogens with two attached hydrogens (primary N) is 1. The Morgan fingerprint density at radius 1 is 1.11 bits per heavy atom. The van der Waals surface area contributed by atoms with E-state index in [1.54, 1.807) is 7.11 Å². The van der Waals surface area contributed by atoms with Gasteiger partial charge in [-0.05, 0) is 24.3 Å². The van der Waals surface area contributed by atoms with Gasteiger partial charge in [0.15, 0.2) is 0 Å². The second-order valence-corrected chi connectivity index (χ2v) is 4.58. The van der Waals surface area contributed by atoms with Gasteiger partial charge in [-0.1, -0.05) is 29.8 Å². The van der Waals surface area contributed by atoms with Crippen LogP contribution in [0, 0.1) is 0 Å². The van der Waals surface area contributed by atoms with Gasteiger partial charge in [-0.2, -0.15) is 0 Å². The van der Waals surface area contributed by atoms with Gasteiger partial charge in [-0.15, -0.1) is 0 Å². The quantitative estimate of drug-likeness (QED) is 0.928. The molecule has 0 aliphatic heterocycles. The van der Waals surface area contributed by atoms with Crippen LogP contribution in [0.25, 0.3) is 0 Å². The summed E-state index contributed by atoms with van der Waals surface area (Å²) in [6.07, 6.45) is 0. The van der Waals surface area contributed by atoms with E-state index in [1.165, 1.54) is 0 Å². The van der Waals surface area contributed by atoms with Crippen molar-refractivity contribution in [1.29, 1.82) is 0 Å². The third-order valence-electron chi connectivity index (χ3n) is 3.11. The van der Waals surface area contributed by atoms with Crippen molar-refractivity contribution in [3.63, 3.8) is 0 Å². The van der Waals surface area contributed by atoms with Crippen molar-refractivity contribution in [2.75, 3.05) is 19.1 Å². The lowest BCUT2D eigenvalue weighted by Crippen LogP contribution is -2.14. The van der Waals surface area contributed by atoms with Crippen LogP contribution in [-0.4, -0.2) is 14.2 Å². The van der Waals surface area contributed by atoms with Crippen molar-refractivity contribution in [2.45, 2.75) is 6.54 Å². The Hall–Kier alpha value is -1.71. The highest BCUT2D eigenvalue weighted by atomic mass is 35.5. The molecule has 2 N–H and O–H groups in total. The molecule has 0 amide bonds. The molecule has 0 aromatic heterocycles. The Kier molecular flexibility index (Phi) is 4.30. The number of methoxy groups -OCH3 is 1. The van der Waals surface area contributed by atoms with Crippen LogP contribution in [0.3, 0.4) is 0 Å². The first-order valence-corrected chi connectivity index (χ1v) is 6.41. The molecule has 0 saturated heterocycles. The molecule has 2 rings (SSSR count). The molecule has 2 aromatic carbocycles. The molecule has 2 aromatic rings. The summed E-state index contributed by atoms with van der Waals surface area (Å²) in [5, 5.41) is 0.682. The van der Waals surface area contributed by atoms with Gasteiger partial charge in [-0.25, -0.2) is 0 Å². The number of anilines is 2. The van der Waals surface area contributed by atoms with Gasteiger partial charge in [0.25, 0.3) is 0 Å². The minimum atomic E-state index is 0.397. The second kappa shape index (κ2) is 5.95. The van der Waals surface area contributed by atoms with Crippen molar-refractivity contribution in [3.05, 3.63) is 53.1 Å². The summed E-state index contributed by atoms with van der Waals surface area (Å²) < 4.78 is 5.39. The molecule has 0 bridgehead atoms.